The van der Waals surface area contributed by atoms with Crippen LogP contribution in [0, 0.1) is 5.41 Å². The Labute approximate surface area is 116 Å². The van der Waals surface area contributed by atoms with Crippen molar-refractivity contribution in [3.05, 3.63) is 0 Å². The number of ether oxygens (including phenoxy) is 1. The summed E-state index contributed by atoms with van der Waals surface area (Å²) < 4.78 is 5.76. The minimum absolute atomic E-state index is 0.0673. The molecule has 4 heteroatoms. The van der Waals surface area contributed by atoms with E-state index in [0.29, 0.717) is 6.04 Å². The van der Waals surface area contributed by atoms with Crippen molar-refractivity contribution in [1.29, 1.82) is 0 Å². The summed E-state index contributed by atoms with van der Waals surface area (Å²) >= 11 is 0. The Hall–Kier alpha value is -0.610. The van der Waals surface area contributed by atoms with Crippen molar-refractivity contribution in [2.45, 2.75) is 64.5 Å². The molecule has 2 saturated heterocycles. The Bertz CT molecular complexity index is 342. The zero-order valence-corrected chi connectivity index (χ0v) is 12.4. The summed E-state index contributed by atoms with van der Waals surface area (Å²) in [6.45, 7) is 8.77. The van der Waals surface area contributed by atoms with E-state index in [1.807, 2.05) is 0 Å². The lowest BCUT2D eigenvalue weighted by atomic mass is 9.82. The van der Waals surface area contributed by atoms with Gasteiger partial charge in [-0.15, -0.1) is 0 Å². The third-order valence-electron chi connectivity index (χ3n) is 4.75. The van der Waals surface area contributed by atoms with Gasteiger partial charge in [0, 0.05) is 19.2 Å². The fraction of sp³-hybridized carbons (Fsp3) is 0.933. The van der Waals surface area contributed by atoms with E-state index in [1.165, 1.54) is 0 Å². The van der Waals surface area contributed by atoms with E-state index in [1.54, 1.807) is 0 Å². The molecular weight excluding hydrogens is 242 g/mol. The molecular formula is C15H27NO3. The van der Waals surface area contributed by atoms with E-state index in [0.717, 1.165) is 51.8 Å². The summed E-state index contributed by atoms with van der Waals surface area (Å²) in [5, 5.41) is 9.56. The molecule has 2 atom stereocenters. The highest BCUT2D eigenvalue weighted by molar-refractivity contribution is 5.75. The summed E-state index contributed by atoms with van der Waals surface area (Å²) in [4.78, 5) is 14.0. The first kappa shape index (κ1) is 14.8. The zero-order valence-electron chi connectivity index (χ0n) is 12.4. The number of hydrogen-bond acceptors (Lipinski definition) is 3. The Morgan fingerprint density at radius 1 is 1.47 bits per heavy atom. The van der Waals surface area contributed by atoms with Crippen LogP contribution < -0.4 is 0 Å². The number of nitrogens with zero attached hydrogens (tertiary/aromatic N) is 1. The molecule has 0 aliphatic carbocycles. The smallest absolute Gasteiger partial charge is 0.310 e. The van der Waals surface area contributed by atoms with Gasteiger partial charge >= 0.3 is 5.97 Å². The first-order valence-corrected chi connectivity index (χ1v) is 7.50. The first-order chi connectivity index (χ1) is 8.88. The molecule has 1 N–H and O–H groups in total. The summed E-state index contributed by atoms with van der Waals surface area (Å²) in [6.07, 6.45) is 4.58. The van der Waals surface area contributed by atoms with Crippen LogP contribution in [0.1, 0.15) is 52.9 Å². The second kappa shape index (κ2) is 5.41. The number of rotatable bonds is 4. The summed E-state index contributed by atoms with van der Waals surface area (Å²) in [6, 6.07) is 0.488. The number of carboxylic acids is 1. The number of hydrogen-bond donors (Lipinski definition) is 1. The van der Waals surface area contributed by atoms with Crippen molar-refractivity contribution in [2.24, 2.45) is 5.41 Å². The van der Waals surface area contributed by atoms with Gasteiger partial charge in [-0.25, -0.2) is 0 Å². The van der Waals surface area contributed by atoms with Gasteiger partial charge < -0.3 is 9.84 Å². The standard InChI is InChI=1S/C15H27NO3/c1-4-6-15(13(17)18)7-8-16(11-15)12-5-9-19-14(2,3)10-12/h12H,4-11H2,1-3H3,(H,17,18). The van der Waals surface area contributed by atoms with E-state index in [9.17, 15) is 9.90 Å². The van der Waals surface area contributed by atoms with E-state index in [-0.39, 0.29) is 5.60 Å². The van der Waals surface area contributed by atoms with Crippen LogP contribution in [0.4, 0.5) is 0 Å². The Morgan fingerprint density at radius 3 is 2.79 bits per heavy atom. The average molecular weight is 269 g/mol. The van der Waals surface area contributed by atoms with Gasteiger partial charge in [0.1, 0.15) is 0 Å². The number of likely N-dealkylation sites (tertiary alicyclic amines) is 1. The quantitative estimate of drug-likeness (QED) is 0.852. The minimum atomic E-state index is -0.608. The molecule has 0 aromatic heterocycles. The lowest BCUT2D eigenvalue weighted by Crippen LogP contribution is -2.46. The molecule has 2 heterocycles. The molecule has 0 amide bonds. The van der Waals surface area contributed by atoms with Crippen LogP contribution in [0.15, 0.2) is 0 Å². The SMILES string of the molecule is CCCC1(C(=O)O)CCN(C2CCOC(C)(C)C2)C1. The predicted molar refractivity (Wildman–Crippen MR) is 74.2 cm³/mol. The predicted octanol–water partition coefficient (Wildman–Crippen LogP) is 2.52. The van der Waals surface area contributed by atoms with Crippen LogP contribution in [0.25, 0.3) is 0 Å². The van der Waals surface area contributed by atoms with Gasteiger partial charge in [-0.1, -0.05) is 13.3 Å². The maximum Gasteiger partial charge on any atom is 0.310 e. The van der Waals surface area contributed by atoms with Gasteiger partial charge in [0.05, 0.1) is 11.0 Å². The molecule has 0 saturated carbocycles. The summed E-state index contributed by atoms with van der Waals surface area (Å²) in [5.41, 5.74) is -0.570. The Balaban J connectivity index is 2.02. The first-order valence-electron chi connectivity index (χ1n) is 7.50. The summed E-state index contributed by atoms with van der Waals surface area (Å²) in [7, 11) is 0. The zero-order chi connectivity index (χ0) is 14.1. The van der Waals surface area contributed by atoms with E-state index >= 15 is 0 Å². The molecule has 110 valence electrons. The van der Waals surface area contributed by atoms with E-state index in [2.05, 4.69) is 25.7 Å². The fourth-order valence-corrected chi connectivity index (χ4v) is 3.69. The lowest BCUT2D eigenvalue weighted by Gasteiger charge is -2.40. The van der Waals surface area contributed by atoms with Crippen molar-refractivity contribution >= 4 is 5.97 Å². The van der Waals surface area contributed by atoms with E-state index in [4.69, 9.17) is 4.74 Å². The van der Waals surface area contributed by atoms with Crippen LogP contribution in [0.2, 0.25) is 0 Å². The monoisotopic (exact) mass is 269 g/mol. The molecule has 4 nitrogen and oxygen atoms in total. The topological polar surface area (TPSA) is 49.8 Å². The molecule has 2 aliphatic rings. The van der Waals surface area contributed by atoms with Crippen LogP contribution >= 0.6 is 0 Å². The van der Waals surface area contributed by atoms with Gasteiger partial charge in [-0.3, -0.25) is 9.69 Å². The molecule has 19 heavy (non-hydrogen) atoms. The third kappa shape index (κ3) is 3.11. The molecule has 2 rings (SSSR count). The van der Waals surface area contributed by atoms with Gasteiger partial charge in [0.2, 0.25) is 0 Å². The summed E-state index contributed by atoms with van der Waals surface area (Å²) in [5.74, 6) is -0.608. The van der Waals surface area contributed by atoms with Crippen molar-refractivity contribution in [1.82, 2.24) is 4.90 Å². The second-order valence-corrected chi connectivity index (χ2v) is 6.81. The fourth-order valence-electron chi connectivity index (χ4n) is 3.69. The minimum Gasteiger partial charge on any atom is -0.481 e. The Morgan fingerprint density at radius 2 is 2.21 bits per heavy atom. The highest BCUT2D eigenvalue weighted by atomic mass is 16.5. The number of carboxylic acid groups (broad SMARTS) is 1. The van der Waals surface area contributed by atoms with Crippen molar-refractivity contribution in [3.8, 4) is 0 Å². The highest BCUT2D eigenvalue weighted by Gasteiger charge is 2.46. The molecule has 0 aromatic rings. The number of carbonyl (C=O) groups is 1. The van der Waals surface area contributed by atoms with Crippen molar-refractivity contribution in [3.63, 3.8) is 0 Å². The number of aliphatic carboxylic acids is 1. The Kier molecular flexibility index (Phi) is 4.21. The van der Waals surface area contributed by atoms with Gasteiger partial charge in [0.15, 0.2) is 0 Å². The lowest BCUT2D eigenvalue weighted by molar-refractivity contribution is -0.149. The maximum atomic E-state index is 11.6. The molecule has 2 unspecified atom stereocenters. The van der Waals surface area contributed by atoms with Gasteiger partial charge in [0.25, 0.3) is 0 Å². The molecule has 2 aliphatic heterocycles. The average Bonchev–Trinajstić information content (AvgIpc) is 2.74. The third-order valence-corrected chi connectivity index (χ3v) is 4.75. The van der Waals surface area contributed by atoms with E-state index < -0.39 is 11.4 Å². The van der Waals surface area contributed by atoms with Crippen LogP contribution in [0.5, 0.6) is 0 Å². The maximum absolute atomic E-state index is 11.6. The second-order valence-electron chi connectivity index (χ2n) is 6.81. The molecule has 0 bridgehead atoms. The van der Waals surface area contributed by atoms with Crippen molar-refractivity contribution < 1.29 is 14.6 Å². The molecule has 0 spiro atoms. The van der Waals surface area contributed by atoms with Crippen molar-refractivity contribution in [2.75, 3.05) is 19.7 Å². The van der Waals surface area contributed by atoms with Crippen LogP contribution in [0.3, 0.4) is 0 Å². The highest BCUT2D eigenvalue weighted by Crippen LogP contribution is 2.39. The largest absolute Gasteiger partial charge is 0.481 e. The molecule has 0 aromatic carbocycles. The van der Waals surface area contributed by atoms with Crippen LogP contribution in [-0.2, 0) is 9.53 Å². The van der Waals surface area contributed by atoms with Crippen LogP contribution in [-0.4, -0.2) is 47.3 Å². The van der Waals surface area contributed by atoms with Gasteiger partial charge in [-0.05, 0) is 46.1 Å². The molecule has 0 radical (unpaired) electrons. The normalized spacial score (nSPS) is 35.4. The van der Waals surface area contributed by atoms with Gasteiger partial charge in [-0.2, -0.15) is 0 Å². The molecule has 2 fully saturated rings.